The van der Waals surface area contributed by atoms with Crippen LogP contribution in [-0.4, -0.2) is 87.5 Å². The number of methoxy groups -OCH3 is 1. The van der Waals surface area contributed by atoms with Gasteiger partial charge in [-0.05, 0) is 37.1 Å². The number of halogens is 3. The van der Waals surface area contributed by atoms with Gasteiger partial charge in [0.25, 0.3) is 5.91 Å². The summed E-state index contributed by atoms with van der Waals surface area (Å²) in [5.74, 6) is -0.00936. The van der Waals surface area contributed by atoms with Gasteiger partial charge in [0.2, 0.25) is 5.95 Å². The van der Waals surface area contributed by atoms with Gasteiger partial charge in [-0.2, -0.15) is 18.2 Å². The minimum absolute atomic E-state index is 0.0732. The molecule has 11 nitrogen and oxygen atoms in total. The number of ether oxygens (including phenoxy) is 1. The number of carbonyl (C=O) groups is 1. The summed E-state index contributed by atoms with van der Waals surface area (Å²) >= 11 is 0. The summed E-state index contributed by atoms with van der Waals surface area (Å²) in [7, 11) is 1.63. The van der Waals surface area contributed by atoms with Crippen LogP contribution < -0.4 is 19.7 Å². The van der Waals surface area contributed by atoms with Gasteiger partial charge in [-0.15, -0.1) is 0 Å². The number of hydrogen-bond acceptors (Lipinski definition) is 9. The molecule has 1 amide bonds. The maximum Gasteiger partial charge on any atom is 0.421 e. The van der Waals surface area contributed by atoms with E-state index in [4.69, 9.17) is 4.74 Å². The van der Waals surface area contributed by atoms with Gasteiger partial charge in [0.05, 0.1) is 12.8 Å². The molecule has 0 saturated carbocycles. The Morgan fingerprint density at radius 1 is 1.13 bits per heavy atom. The summed E-state index contributed by atoms with van der Waals surface area (Å²) < 4.78 is 60.5. The molecule has 2 N–H and O–H groups in total. The van der Waals surface area contributed by atoms with E-state index >= 15 is 0 Å². The lowest BCUT2D eigenvalue weighted by atomic mass is 10.1. The third-order valence-corrected chi connectivity index (χ3v) is 8.79. The molecule has 1 aromatic carbocycles. The topological polar surface area (TPSA) is 116 Å². The molecule has 1 aliphatic rings. The Labute approximate surface area is 263 Å². The molecule has 0 bridgehead atoms. The fourth-order valence-electron chi connectivity index (χ4n) is 5.26. The van der Waals surface area contributed by atoms with E-state index in [9.17, 15) is 22.2 Å². The predicted molar refractivity (Wildman–Crippen MR) is 169 cm³/mol. The summed E-state index contributed by atoms with van der Waals surface area (Å²) in [6, 6.07) is 8.68. The van der Waals surface area contributed by atoms with E-state index in [-0.39, 0.29) is 18.4 Å². The number of piperazine rings is 1. The lowest BCUT2D eigenvalue weighted by molar-refractivity contribution is -0.137. The van der Waals surface area contributed by atoms with E-state index in [1.54, 1.807) is 37.4 Å². The van der Waals surface area contributed by atoms with E-state index < -0.39 is 28.5 Å². The highest BCUT2D eigenvalue weighted by Gasteiger charge is 2.35. The first-order valence-electron chi connectivity index (χ1n) is 14.6. The smallest absolute Gasteiger partial charge is 0.421 e. The van der Waals surface area contributed by atoms with Gasteiger partial charge in [0.1, 0.15) is 33.9 Å². The monoisotopic (exact) mass is 648 g/mol. The Balaban J connectivity index is 1.52. The Morgan fingerprint density at radius 2 is 1.84 bits per heavy atom. The lowest BCUT2D eigenvalue weighted by Gasteiger charge is -2.38. The first-order chi connectivity index (χ1) is 21.5. The van der Waals surface area contributed by atoms with Crippen molar-refractivity contribution in [2.75, 3.05) is 61.5 Å². The average Bonchev–Trinajstić information content (AvgIpc) is 3.03. The number of benzene rings is 1. The van der Waals surface area contributed by atoms with Crippen LogP contribution in [0.1, 0.15) is 48.2 Å². The number of pyridine rings is 1. The van der Waals surface area contributed by atoms with Crippen LogP contribution in [0.3, 0.4) is 0 Å². The highest BCUT2D eigenvalue weighted by molar-refractivity contribution is 7.85. The van der Waals surface area contributed by atoms with Crippen LogP contribution in [0.15, 0.2) is 42.7 Å². The number of nitrogens with zero attached hydrogens (tertiary/aromatic N) is 6. The van der Waals surface area contributed by atoms with E-state index in [2.05, 4.69) is 44.3 Å². The standard InChI is InChI=1S/C30H39F3N8O3S/c1-6-22(7-2)40-13-15-41(16-14-40)28(42)20-10-11-24(25(17-20)44-4)37-29-36-19-23(30(31,32)33)26(38-29)35-18-21-9-8-12-34-27(21)39(3)45(5)43/h8-12,17,19,22H,6-7,13-16,18H2,1-5H3,(H2,35,36,37,38). The molecule has 1 aliphatic heterocycles. The maximum absolute atomic E-state index is 13.9. The van der Waals surface area contributed by atoms with Gasteiger partial charge < -0.3 is 20.3 Å². The molecule has 4 rings (SSSR count). The molecule has 1 unspecified atom stereocenters. The second-order valence-corrected chi connectivity index (χ2v) is 11.9. The number of nitrogens with one attached hydrogen (secondary N) is 2. The van der Waals surface area contributed by atoms with Crippen molar-refractivity contribution in [3.63, 3.8) is 0 Å². The van der Waals surface area contributed by atoms with E-state index in [1.165, 1.54) is 23.9 Å². The molecule has 1 fully saturated rings. The van der Waals surface area contributed by atoms with Crippen molar-refractivity contribution in [2.45, 2.75) is 45.5 Å². The second-order valence-electron chi connectivity index (χ2n) is 10.6. The number of hydrogen-bond donors (Lipinski definition) is 2. The first-order valence-corrected chi connectivity index (χ1v) is 16.2. The zero-order valence-electron chi connectivity index (χ0n) is 26.0. The SMILES string of the molecule is CCC(CC)N1CCN(C(=O)c2ccc(Nc3ncc(C(F)(F)F)c(NCc4cccnc4N(C)S(C)=O)n3)c(OC)c2)CC1. The van der Waals surface area contributed by atoms with Crippen LogP contribution in [0, 0.1) is 0 Å². The normalized spacial score (nSPS) is 14.7. The van der Waals surface area contributed by atoms with Gasteiger partial charge in [-0.25, -0.2) is 14.2 Å². The molecular formula is C30H39F3N8O3S. The van der Waals surface area contributed by atoms with Crippen LogP contribution in [0.5, 0.6) is 5.75 Å². The summed E-state index contributed by atoms with van der Waals surface area (Å²) in [6.45, 7) is 7.16. The van der Waals surface area contributed by atoms with Crippen molar-refractivity contribution >= 4 is 40.2 Å². The number of anilines is 4. The highest BCUT2D eigenvalue weighted by atomic mass is 32.2. The number of amides is 1. The van der Waals surface area contributed by atoms with Crippen LogP contribution in [-0.2, 0) is 23.7 Å². The summed E-state index contributed by atoms with van der Waals surface area (Å²) in [6.07, 6.45) is 1.10. The fraction of sp³-hybridized carbons (Fsp3) is 0.467. The third kappa shape index (κ3) is 8.19. The predicted octanol–water partition coefficient (Wildman–Crippen LogP) is 4.93. The van der Waals surface area contributed by atoms with Gasteiger partial charge in [-0.1, -0.05) is 19.9 Å². The van der Waals surface area contributed by atoms with Crippen LogP contribution in [0.25, 0.3) is 0 Å². The van der Waals surface area contributed by atoms with Crippen molar-refractivity contribution in [1.82, 2.24) is 24.8 Å². The summed E-state index contributed by atoms with van der Waals surface area (Å²) in [5.41, 5.74) is 0.285. The number of alkyl halides is 3. The van der Waals surface area contributed by atoms with Crippen LogP contribution in [0.4, 0.5) is 36.4 Å². The third-order valence-electron chi connectivity index (χ3n) is 7.85. The molecule has 0 spiro atoms. The Hall–Kier alpha value is -3.98. The Kier molecular flexibility index (Phi) is 11.2. The van der Waals surface area contributed by atoms with Crippen LogP contribution >= 0.6 is 0 Å². The zero-order chi connectivity index (χ0) is 32.7. The second kappa shape index (κ2) is 14.9. The molecule has 1 saturated heterocycles. The van der Waals surface area contributed by atoms with E-state index in [0.717, 1.165) is 25.9 Å². The molecular weight excluding hydrogens is 609 g/mol. The van der Waals surface area contributed by atoms with Gasteiger partial charge >= 0.3 is 6.18 Å². The van der Waals surface area contributed by atoms with Gasteiger partial charge in [-0.3, -0.25) is 14.0 Å². The number of carbonyl (C=O) groups excluding carboxylic acids is 1. The van der Waals surface area contributed by atoms with E-state index in [0.29, 0.717) is 53.7 Å². The summed E-state index contributed by atoms with van der Waals surface area (Å²) in [4.78, 5) is 29.8. The quantitative estimate of drug-likeness (QED) is 0.282. The van der Waals surface area contributed by atoms with Crippen molar-refractivity contribution in [2.24, 2.45) is 0 Å². The Morgan fingerprint density at radius 3 is 2.47 bits per heavy atom. The molecule has 1 atom stereocenters. The molecule has 45 heavy (non-hydrogen) atoms. The van der Waals surface area contributed by atoms with Gasteiger partial charge in [0.15, 0.2) is 0 Å². The first kappa shape index (κ1) is 33.9. The molecule has 244 valence electrons. The van der Waals surface area contributed by atoms with Gasteiger partial charge in [0, 0.05) is 75.6 Å². The van der Waals surface area contributed by atoms with Crippen molar-refractivity contribution in [3.05, 3.63) is 59.4 Å². The molecule has 0 aliphatic carbocycles. The van der Waals surface area contributed by atoms with E-state index in [1.807, 2.05) is 4.90 Å². The molecule has 0 radical (unpaired) electrons. The minimum atomic E-state index is -4.72. The number of aromatic nitrogens is 3. The zero-order valence-corrected chi connectivity index (χ0v) is 26.8. The fourth-order valence-corrected chi connectivity index (χ4v) is 5.67. The highest BCUT2D eigenvalue weighted by Crippen LogP contribution is 2.35. The minimum Gasteiger partial charge on any atom is -0.495 e. The average molecular weight is 649 g/mol. The Bertz CT molecular complexity index is 1500. The maximum atomic E-state index is 13.9. The van der Waals surface area contributed by atoms with Crippen molar-refractivity contribution < 1.29 is 26.9 Å². The molecule has 3 heterocycles. The molecule has 15 heteroatoms. The van der Waals surface area contributed by atoms with Crippen molar-refractivity contribution in [1.29, 1.82) is 0 Å². The van der Waals surface area contributed by atoms with Crippen LogP contribution in [0.2, 0.25) is 0 Å². The molecule has 2 aromatic heterocycles. The number of rotatable bonds is 12. The van der Waals surface area contributed by atoms with Crippen molar-refractivity contribution in [3.8, 4) is 5.75 Å². The lowest BCUT2D eigenvalue weighted by Crippen LogP contribution is -2.51. The largest absolute Gasteiger partial charge is 0.495 e. The summed E-state index contributed by atoms with van der Waals surface area (Å²) in [5, 5.41) is 5.66. The molecule has 3 aromatic rings.